The van der Waals surface area contributed by atoms with E-state index in [9.17, 15) is 5.11 Å². The number of benzene rings is 1. The zero-order valence-corrected chi connectivity index (χ0v) is 13.7. The van der Waals surface area contributed by atoms with Gasteiger partial charge < -0.3 is 10.4 Å². The van der Waals surface area contributed by atoms with Crippen LogP contribution in [-0.4, -0.2) is 17.8 Å². The fourth-order valence-electron chi connectivity index (χ4n) is 2.55. The third-order valence-corrected chi connectivity index (χ3v) is 3.36. The zero-order valence-electron chi connectivity index (χ0n) is 13.7. The molecule has 0 aliphatic rings. The molecule has 114 valence electrons. The zero-order chi connectivity index (χ0) is 15.2. The third kappa shape index (κ3) is 7.06. The van der Waals surface area contributed by atoms with Crippen LogP contribution in [0.1, 0.15) is 59.1 Å². The Kier molecular flexibility index (Phi) is 6.70. The van der Waals surface area contributed by atoms with E-state index in [0.717, 1.165) is 12.8 Å². The molecule has 0 aromatic heterocycles. The van der Waals surface area contributed by atoms with Crippen LogP contribution >= 0.6 is 0 Å². The topological polar surface area (TPSA) is 32.3 Å². The summed E-state index contributed by atoms with van der Waals surface area (Å²) in [5.41, 5.74) is 1.48. The maximum absolute atomic E-state index is 10.2. The molecule has 20 heavy (non-hydrogen) atoms. The van der Waals surface area contributed by atoms with Crippen molar-refractivity contribution in [1.29, 1.82) is 0 Å². The average Bonchev–Trinajstić information content (AvgIpc) is 2.33. The van der Waals surface area contributed by atoms with Gasteiger partial charge in [0, 0.05) is 12.6 Å². The van der Waals surface area contributed by atoms with Crippen LogP contribution in [0.5, 0.6) is 0 Å². The Balaban J connectivity index is 2.58. The van der Waals surface area contributed by atoms with Crippen molar-refractivity contribution < 1.29 is 5.11 Å². The molecule has 0 aliphatic heterocycles. The summed E-state index contributed by atoms with van der Waals surface area (Å²) < 4.78 is 0. The van der Waals surface area contributed by atoms with Gasteiger partial charge in [0.2, 0.25) is 0 Å². The molecule has 0 aliphatic carbocycles. The molecule has 1 aromatic rings. The molecule has 0 saturated heterocycles. The van der Waals surface area contributed by atoms with Crippen molar-refractivity contribution in [2.24, 2.45) is 11.3 Å². The van der Waals surface area contributed by atoms with E-state index < -0.39 is 0 Å². The van der Waals surface area contributed by atoms with E-state index in [1.165, 1.54) is 5.56 Å². The number of aliphatic hydroxyl groups excluding tert-OH is 1. The normalized spacial score (nSPS) is 15.3. The van der Waals surface area contributed by atoms with Gasteiger partial charge in [-0.2, -0.15) is 0 Å². The van der Waals surface area contributed by atoms with E-state index >= 15 is 0 Å². The first-order valence-corrected chi connectivity index (χ1v) is 7.74. The lowest BCUT2D eigenvalue weighted by Crippen LogP contribution is -2.33. The predicted octanol–water partition coefficient (Wildman–Crippen LogP) is 4.16. The molecule has 0 amide bonds. The Bertz CT molecular complexity index is 367. The SMILES string of the molecule is CC(C)CC(NCC(O)CC(C)(C)C)c1ccccc1. The van der Waals surface area contributed by atoms with Crippen LogP contribution in [0.25, 0.3) is 0 Å². The number of nitrogens with one attached hydrogen (secondary N) is 1. The summed E-state index contributed by atoms with van der Waals surface area (Å²) in [4.78, 5) is 0. The molecule has 2 heteroatoms. The predicted molar refractivity (Wildman–Crippen MR) is 86.7 cm³/mol. The van der Waals surface area contributed by atoms with Crippen molar-refractivity contribution in [2.45, 2.75) is 59.6 Å². The summed E-state index contributed by atoms with van der Waals surface area (Å²) in [6, 6.07) is 10.9. The van der Waals surface area contributed by atoms with Crippen molar-refractivity contribution in [3.63, 3.8) is 0 Å². The van der Waals surface area contributed by atoms with Crippen molar-refractivity contribution in [3.8, 4) is 0 Å². The number of hydrogen-bond donors (Lipinski definition) is 2. The van der Waals surface area contributed by atoms with Gasteiger partial charge in [-0.05, 0) is 29.7 Å². The molecular formula is C18H31NO. The van der Waals surface area contributed by atoms with Gasteiger partial charge in [0.25, 0.3) is 0 Å². The lowest BCUT2D eigenvalue weighted by molar-refractivity contribution is 0.115. The lowest BCUT2D eigenvalue weighted by atomic mass is 9.89. The molecule has 1 aromatic carbocycles. The second kappa shape index (κ2) is 7.80. The first-order chi connectivity index (χ1) is 9.28. The Labute approximate surface area is 124 Å². The highest BCUT2D eigenvalue weighted by Gasteiger charge is 2.19. The van der Waals surface area contributed by atoms with Gasteiger partial charge in [-0.1, -0.05) is 65.0 Å². The third-order valence-electron chi connectivity index (χ3n) is 3.36. The van der Waals surface area contributed by atoms with Crippen LogP contribution in [0.3, 0.4) is 0 Å². The molecule has 1 rings (SSSR count). The summed E-state index contributed by atoms with van der Waals surface area (Å²) in [5, 5.41) is 13.7. The van der Waals surface area contributed by atoms with E-state index in [4.69, 9.17) is 0 Å². The average molecular weight is 277 g/mol. The Morgan fingerprint density at radius 3 is 2.20 bits per heavy atom. The summed E-state index contributed by atoms with van der Waals surface area (Å²) in [7, 11) is 0. The Hall–Kier alpha value is -0.860. The Morgan fingerprint density at radius 2 is 1.70 bits per heavy atom. The van der Waals surface area contributed by atoms with Gasteiger partial charge in [-0.25, -0.2) is 0 Å². The molecule has 2 atom stereocenters. The minimum Gasteiger partial charge on any atom is -0.392 e. The van der Waals surface area contributed by atoms with Gasteiger partial charge in [0.1, 0.15) is 0 Å². The monoisotopic (exact) mass is 277 g/mol. The van der Waals surface area contributed by atoms with Crippen LogP contribution in [0.15, 0.2) is 30.3 Å². The van der Waals surface area contributed by atoms with E-state index in [2.05, 4.69) is 64.2 Å². The van der Waals surface area contributed by atoms with Gasteiger partial charge in [0.05, 0.1) is 6.10 Å². The van der Waals surface area contributed by atoms with Crippen molar-refractivity contribution in [3.05, 3.63) is 35.9 Å². The molecule has 0 spiro atoms. The highest BCUT2D eigenvalue weighted by molar-refractivity contribution is 5.18. The van der Waals surface area contributed by atoms with Crippen molar-refractivity contribution in [2.75, 3.05) is 6.54 Å². The van der Waals surface area contributed by atoms with Gasteiger partial charge in [0.15, 0.2) is 0 Å². The second-order valence-corrected chi connectivity index (χ2v) is 7.42. The summed E-state index contributed by atoms with van der Waals surface area (Å²) >= 11 is 0. The fraction of sp³-hybridized carbons (Fsp3) is 0.667. The number of aliphatic hydroxyl groups is 1. The molecule has 0 bridgehead atoms. The van der Waals surface area contributed by atoms with Gasteiger partial charge in [-0.3, -0.25) is 0 Å². The Morgan fingerprint density at radius 1 is 1.10 bits per heavy atom. The highest BCUT2D eigenvalue weighted by Crippen LogP contribution is 2.23. The molecule has 0 radical (unpaired) electrons. The standard InChI is InChI=1S/C18H31NO/c1-14(2)11-17(15-9-7-6-8-10-15)19-13-16(20)12-18(3,4)5/h6-10,14,16-17,19-20H,11-13H2,1-5H3. The smallest absolute Gasteiger partial charge is 0.0669 e. The molecular weight excluding hydrogens is 246 g/mol. The molecule has 0 saturated carbocycles. The molecule has 2 unspecified atom stereocenters. The van der Waals surface area contributed by atoms with Crippen LogP contribution in [0, 0.1) is 11.3 Å². The lowest BCUT2D eigenvalue weighted by Gasteiger charge is -2.26. The quantitative estimate of drug-likeness (QED) is 0.784. The van der Waals surface area contributed by atoms with E-state index in [1.807, 2.05) is 6.07 Å². The summed E-state index contributed by atoms with van der Waals surface area (Å²) in [5.74, 6) is 0.632. The van der Waals surface area contributed by atoms with Crippen LogP contribution in [-0.2, 0) is 0 Å². The maximum atomic E-state index is 10.2. The fourth-order valence-corrected chi connectivity index (χ4v) is 2.55. The largest absolute Gasteiger partial charge is 0.392 e. The summed E-state index contributed by atoms with van der Waals surface area (Å²) in [6.07, 6.45) is 1.63. The number of rotatable bonds is 7. The second-order valence-electron chi connectivity index (χ2n) is 7.42. The maximum Gasteiger partial charge on any atom is 0.0669 e. The molecule has 2 N–H and O–H groups in total. The molecule has 2 nitrogen and oxygen atoms in total. The first-order valence-electron chi connectivity index (χ1n) is 7.74. The highest BCUT2D eigenvalue weighted by atomic mass is 16.3. The summed E-state index contributed by atoms with van der Waals surface area (Å²) in [6.45, 7) is 11.6. The number of hydrogen-bond acceptors (Lipinski definition) is 2. The van der Waals surface area contributed by atoms with E-state index in [0.29, 0.717) is 18.5 Å². The van der Waals surface area contributed by atoms with Crippen LogP contribution < -0.4 is 5.32 Å². The van der Waals surface area contributed by atoms with Crippen molar-refractivity contribution in [1.82, 2.24) is 5.32 Å². The van der Waals surface area contributed by atoms with E-state index in [1.54, 1.807) is 0 Å². The van der Waals surface area contributed by atoms with Crippen LogP contribution in [0.4, 0.5) is 0 Å². The molecule has 0 fully saturated rings. The minimum atomic E-state index is -0.284. The van der Waals surface area contributed by atoms with Crippen molar-refractivity contribution >= 4 is 0 Å². The van der Waals surface area contributed by atoms with E-state index in [-0.39, 0.29) is 11.5 Å². The van der Waals surface area contributed by atoms with Gasteiger partial charge in [-0.15, -0.1) is 0 Å². The minimum absolute atomic E-state index is 0.168. The first kappa shape index (κ1) is 17.2. The van der Waals surface area contributed by atoms with Gasteiger partial charge >= 0.3 is 0 Å². The molecule has 0 heterocycles. The van der Waals surface area contributed by atoms with Crippen LogP contribution in [0.2, 0.25) is 0 Å².